The summed E-state index contributed by atoms with van der Waals surface area (Å²) >= 11 is 0. The number of ether oxygens (including phenoxy) is 1. The van der Waals surface area contributed by atoms with Gasteiger partial charge in [0.2, 0.25) is 0 Å². The molecule has 11 aromatic rings. The maximum absolute atomic E-state index is 17.1. The number of benzene rings is 9. The van der Waals surface area contributed by atoms with E-state index < -0.39 is 17.5 Å². The molecule has 0 atom stereocenters. The van der Waals surface area contributed by atoms with Crippen molar-refractivity contribution >= 4 is 44.6 Å². The number of aromatic nitrogens is 2. The number of anilines is 4. The number of halogens is 3. The zero-order valence-electron chi connectivity index (χ0n) is 54.8. The Balaban J connectivity index is 0.00000787. The molecule has 0 bridgehead atoms. The standard InChI is InChI=1S/C84H80F3N4O.Pt/c1-82(2,3)59-38-39-88-78(47-59)91-74-33-20-19-30-68(74)69-37-36-64(51-77(69)91)92-65-43-58(79-66(54-26-15-11-16-27-54)31-23-32-67(79)55-28-17-12-18-29-55)42-63(50-65)89-52-90(76-35-22-21-34-75(76)89)81-70(57-40-60(83(4,5)6)46-61(41-57)84(7,8)9)44-56(53-24-13-10-14-25-53)45-71(81)80-72(86)48-62(85)49-73(80)87;/h10,13-14,19-25,30-49,52,54-55H,11-12,15-18,26-29H2,1-9H3;/q-3;. The van der Waals surface area contributed by atoms with Gasteiger partial charge in [-0.2, -0.15) is 6.07 Å². The minimum Gasteiger partial charge on any atom is -0.509 e. The van der Waals surface area contributed by atoms with Crippen LogP contribution in [0, 0.1) is 36.3 Å². The SMILES string of the molecule is CC(C)(C)c1cc(-c2cc(-c3ccccc3)cc(-c3c(F)cc(F)cc3F)c2N2[CH-]N(c3[c-]c(Oc4[c-]c5c(cc4)c4ccccc4n5-c4cc(C(C)(C)C)ccn4)cc(-c4c(C5CCCCC5)cccc4C4CCCCC4)c3)c3ccccc32)cc(C(C)(C)C)c1.[Pt]. The predicted octanol–water partition coefficient (Wildman–Crippen LogP) is 24.1. The van der Waals surface area contributed by atoms with E-state index >= 15 is 13.2 Å². The number of nitrogens with zero attached hydrogens (tertiary/aromatic N) is 4. The number of hydrogen-bond acceptors (Lipinski definition) is 4. The van der Waals surface area contributed by atoms with Crippen LogP contribution in [-0.2, 0) is 37.3 Å². The van der Waals surface area contributed by atoms with Gasteiger partial charge in [-0.25, -0.2) is 18.2 Å². The molecule has 2 fully saturated rings. The molecule has 0 unspecified atom stereocenters. The van der Waals surface area contributed by atoms with Gasteiger partial charge in [-0.15, -0.1) is 53.6 Å². The van der Waals surface area contributed by atoms with Crippen molar-refractivity contribution in [3.63, 3.8) is 0 Å². The van der Waals surface area contributed by atoms with Crippen LogP contribution in [0.2, 0.25) is 0 Å². The zero-order chi connectivity index (χ0) is 63.8. The quantitative estimate of drug-likeness (QED) is 0.121. The summed E-state index contributed by atoms with van der Waals surface area (Å²) in [5.74, 6) is -0.351. The van der Waals surface area contributed by atoms with Gasteiger partial charge in [-0.3, -0.25) is 0 Å². The number of rotatable bonds is 11. The molecule has 476 valence electrons. The predicted molar refractivity (Wildman–Crippen MR) is 374 cm³/mol. The summed E-state index contributed by atoms with van der Waals surface area (Å²) in [6.45, 7) is 22.0. The summed E-state index contributed by atoms with van der Waals surface area (Å²) < 4.78 is 59.0. The fourth-order valence-electron chi connectivity index (χ4n) is 14.6. The second kappa shape index (κ2) is 25.3. The molecule has 1 aliphatic heterocycles. The van der Waals surface area contributed by atoms with E-state index in [0.717, 1.165) is 116 Å². The molecule has 0 amide bonds. The van der Waals surface area contributed by atoms with E-state index in [4.69, 9.17) is 9.72 Å². The summed E-state index contributed by atoms with van der Waals surface area (Å²) in [5, 5.41) is 2.13. The molecule has 9 aromatic carbocycles. The van der Waals surface area contributed by atoms with Gasteiger partial charge >= 0.3 is 0 Å². The minimum atomic E-state index is -0.999. The number of fused-ring (bicyclic) bond motifs is 4. The van der Waals surface area contributed by atoms with E-state index in [2.05, 4.69) is 198 Å². The molecule has 5 nitrogen and oxygen atoms in total. The van der Waals surface area contributed by atoms with Gasteiger partial charge in [-0.1, -0.05) is 203 Å². The van der Waals surface area contributed by atoms with Crippen LogP contribution in [0.15, 0.2) is 182 Å². The van der Waals surface area contributed by atoms with Crippen LogP contribution in [0.25, 0.3) is 72.1 Å². The van der Waals surface area contributed by atoms with Crippen molar-refractivity contribution in [2.45, 2.75) is 155 Å². The molecule has 93 heavy (non-hydrogen) atoms. The smallest absolute Gasteiger partial charge is 0.136 e. The summed E-state index contributed by atoms with van der Waals surface area (Å²) in [7, 11) is 0. The minimum absolute atomic E-state index is 0. The van der Waals surface area contributed by atoms with Crippen LogP contribution >= 0.6 is 0 Å². The third kappa shape index (κ3) is 12.4. The van der Waals surface area contributed by atoms with Crippen molar-refractivity contribution < 1.29 is 39.0 Å². The van der Waals surface area contributed by atoms with E-state index in [1.54, 1.807) is 0 Å². The van der Waals surface area contributed by atoms with Crippen molar-refractivity contribution in [3.05, 3.63) is 246 Å². The first-order chi connectivity index (χ1) is 44.2. The number of hydrogen-bond donors (Lipinski definition) is 0. The third-order valence-electron chi connectivity index (χ3n) is 19.6. The second-order valence-electron chi connectivity index (χ2n) is 29.0. The molecule has 2 aromatic heterocycles. The van der Waals surface area contributed by atoms with Crippen molar-refractivity contribution in [1.29, 1.82) is 0 Å². The van der Waals surface area contributed by atoms with Gasteiger partial charge in [-0.05, 0) is 152 Å². The topological polar surface area (TPSA) is 33.5 Å². The van der Waals surface area contributed by atoms with Crippen LogP contribution in [0.4, 0.5) is 35.9 Å². The van der Waals surface area contributed by atoms with Gasteiger partial charge in [0.25, 0.3) is 0 Å². The fraction of sp³-hybridized carbons (Fsp3) is 0.286. The number of para-hydroxylation sites is 3. The molecular weight excluding hydrogens is 1330 g/mol. The van der Waals surface area contributed by atoms with Crippen molar-refractivity contribution in [3.8, 4) is 61.8 Å². The van der Waals surface area contributed by atoms with Crippen molar-refractivity contribution in [2.75, 3.05) is 9.80 Å². The fourth-order valence-corrected chi connectivity index (χ4v) is 14.6. The maximum Gasteiger partial charge on any atom is 0.136 e. The molecule has 3 aliphatic rings. The van der Waals surface area contributed by atoms with E-state index in [1.807, 2.05) is 67.5 Å². The van der Waals surface area contributed by atoms with Gasteiger partial charge in [0, 0.05) is 84.6 Å². The van der Waals surface area contributed by atoms with E-state index in [9.17, 15) is 0 Å². The van der Waals surface area contributed by atoms with E-state index in [0.29, 0.717) is 34.7 Å². The third-order valence-corrected chi connectivity index (χ3v) is 19.6. The normalized spacial score (nSPS) is 15.1. The molecule has 3 heterocycles. The first-order valence-electron chi connectivity index (χ1n) is 33.1. The Morgan fingerprint density at radius 1 is 0.473 bits per heavy atom. The molecule has 0 spiro atoms. The van der Waals surface area contributed by atoms with Crippen molar-refractivity contribution in [1.82, 2.24) is 9.55 Å². The van der Waals surface area contributed by atoms with Crippen LogP contribution < -0.4 is 14.5 Å². The summed E-state index contributed by atoms with van der Waals surface area (Å²) in [5.41, 5.74) is 15.8. The summed E-state index contributed by atoms with van der Waals surface area (Å²) in [6, 6.07) is 66.4. The van der Waals surface area contributed by atoms with Gasteiger partial charge < -0.3 is 19.1 Å². The molecule has 0 N–H and O–H groups in total. The number of pyridine rings is 1. The second-order valence-corrected chi connectivity index (χ2v) is 29.0. The van der Waals surface area contributed by atoms with E-state index in [-0.39, 0.29) is 48.4 Å². The van der Waals surface area contributed by atoms with E-state index in [1.165, 1.54) is 60.8 Å². The summed E-state index contributed by atoms with van der Waals surface area (Å²) in [6.07, 6.45) is 13.7. The van der Waals surface area contributed by atoms with Gasteiger partial charge in [0.15, 0.2) is 0 Å². The average molecular weight is 1410 g/mol. The Labute approximate surface area is 562 Å². The maximum atomic E-state index is 17.1. The molecule has 9 heteroatoms. The Kier molecular flexibility index (Phi) is 17.3. The molecule has 2 aliphatic carbocycles. The zero-order valence-corrected chi connectivity index (χ0v) is 57.0. The Hall–Kier alpha value is -8.19. The molecule has 14 rings (SSSR count). The van der Waals surface area contributed by atoms with Crippen LogP contribution in [0.5, 0.6) is 11.5 Å². The Morgan fingerprint density at radius 3 is 1.70 bits per heavy atom. The van der Waals surface area contributed by atoms with Crippen LogP contribution in [0.1, 0.15) is 166 Å². The molecule has 0 saturated heterocycles. The Bertz CT molecular complexity index is 4520. The Morgan fingerprint density at radius 2 is 1.06 bits per heavy atom. The first kappa shape index (κ1) is 63.6. The van der Waals surface area contributed by atoms with Gasteiger partial charge in [0.05, 0.1) is 5.56 Å². The van der Waals surface area contributed by atoms with Crippen LogP contribution in [-0.4, -0.2) is 9.55 Å². The van der Waals surface area contributed by atoms with Crippen LogP contribution in [0.3, 0.4) is 0 Å². The van der Waals surface area contributed by atoms with Gasteiger partial charge in [0.1, 0.15) is 23.3 Å². The summed E-state index contributed by atoms with van der Waals surface area (Å²) in [4.78, 5) is 9.21. The molecule has 2 saturated carbocycles. The molecular formula is C84H80F3N4OPt-3. The monoisotopic (exact) mass is 1410 g/mol. The molecule has 0 radical (unpaired) electrons. The van der Waals surface area contributed by atoms with Crippen molar-refractivity contribution in [2.24, 2.45) is 0 Å². The first-order valence-corrected chi connectivity index (χ1v) is 33.1. The average Bonchev–Trinajstić information content (AvgIpc) is 1.71. The largest absolute Gasteiger partial charge is 0.509 e.